The van der Waals surface area contributed by atoms with Crippen LogP contribution in [-0.4, -0.2) is 42.6 Å². The zero-order valence-corrected chi connectivity index (χ0v) is 16.5. The Labute approximate surface area is 160 Å². The van der Waals surface area contributed by atoms with Crippen LogP contribution in [0, 0.1) is 0 Å². The van der Waals surface area contributed by atoms with E-state index in [9.17, 15) is 14.4 Å². The Bertz CT molecular complexity index is 635. The molecule has 27 heavy (non-hydrogen) atoms. The van der Waals surface area contributed by atoms with Crippen LogP contribution in [0.15, 0.2) is 24.3 Å². The van der Waals surface area contributed by atoms with Gasteiger partial charge in [-0.2, -0.15) is 0 Å². The van der Waals surface area contributed by atoms with Crippen LogP contribution in [0.1, 0.15) is 56.5 Å². The summed E-state index contributed by atoms with van der Waals surface area (Å²) in [7, 11) is 0. The first-order chi connectivity index (χ1) is 12.6. The van der Waals surface area contributed by atoms with Gasteiger partial charge in [0.25, 0.3) is 5.91 Å². The van der Waals surface area contributed by atoms with E-state index in [1.165, 1.54) is 0 Å². The monoisotopic (exact) mass is 378 g/mol. The van der Waals surface area contributed by atoms with E-state index in [0.29, 0.717) is 31.6 Å². The number of amides is 1. The van der Waals surface area contributed by atoms with Gasteiger partial charge in [0, 0.05) is 18.5 Å². The maximum absolute atomic E-state index is 12.1. The van der Waals surface area contributed by atoms with Crippen LogP contribution in [-0.2, 0) is 25.5 Å². The van der Waals surface area contributed by atoms with Gasteiger partial charge in [0.2, 0.25) is 0 Å². The number of hydrogen-bond donors (Lipinski definition) is 2. The Kier molecular flexibility index (Phi) is 8.94. The molecule has 0 aliphatic rings. The molecule has 1 aromatic rings. The van der Waals surface area contributed by atoms with Crippen LogP contribution >= 0.6 is 0 Å². The average Bonchev–Trinajstić information content (AvgIpc) is 2.58. The molecule has 0 saturated carbocycles. The highest BCUT2D eigenvalue weighted by atomic mass is 16.6. The highest BCUT2D eigenvalue weighted by Crippen LogP contribution is 2.11. The topological polar surface area (TPSA) is 108 Å². The Morgan fingerprint density at radius 3 is 2.33 bits per heavy atom. The third-order valence-electron chi connectivity index (χ3n) is 3.53. The first kappa shape index (κ1) is 22.6. The van der Waals surface area contributed by atoms with Gasteiger partial charge in [0.15, 0.2) is 0 Å². The molecule has 0 spiro atoms. The summed E-state index contributed by atoms with van der Waals surface area (Å²) < 4.78 is 10.1. The van der Waals surface area contributed by atoms with Crippen LogP contribution in [0.3, 0.4) is 0 Å². The zero-order chi connectivity index (χ0) is 20.4. The molecular weight excluding hydrogens is 348 g/mol. The van der Waals surface area contributed by atoms with Gasteiger partial charge < -0.3 is 20.5 Å². The lowest BCUT2D eigenvalue weighted by atomic mass is 10.0. The fourth-order valence-corrected chi connectivity index (χ4v) is 2.28. The van der Waals surface area contributed by atoms with Crippen molar-refractivity contribution in [3.05, 3.63) is 35.4 Å². The molecule has 0 aromatic heterocycles. The van der Waals surface area contributed by atoms with Gasteiger partial charge in [-0.05, 0) is 58.2 Å². The fourth-order valence-electron chi connectivity index (χ4n) is 2.28. The number of carbonyl (C=O) groups excluding carboxylic acids is 3. The second-order valence-electron chi connectivity index (χ2n) is 7.21. The summed E-state index contributed by atoms with van der Waals surface area (Å²) in [5.41, 5.74) is 6.65. The van der Waals surface area contributed by atoms with E-state index in [1.807, 2.05) is 0 Å². The summed E-state index contributed by atoms with van der Waals surface area (Å²) in [6.45, 7) is 7.87. The van der Waals surface area contributed by atoms with Crippen molar-refractivity contribution in [2.75, 3.05) is 13.2 Å². The van der Waals surface area contributed by atoms with Crippen molar-refractivity contribution in [1.29, 1.82) is 0 Å². The Hall–Kier alpha value is -2.41. The van der Waals surface area contributed by atoms with Crippen LogP contribution in [0.25, 0.3) is 0 Å². The minimum atomic E-state index is -0.758. The molecular formula is C20H30N2O5. The summed E-state index contributed by atoms with van der Waals surface area (Å²) >= 11 is 0. The molecule has 0 aliphatic heterocycles. The SMILES string of the molecule is CCOC(=O)CCCNC(=O)c1ccc(C[C@H](N)C(=O)OC(C)(C)C)cc1. The standard InChI is InChI=1S/C20H30N2O5/c1-5-26-17(23)7-6-12-22-18(24)15-10-8-14(9-11-15)13-16(21)19(25)27-20(2,3)4/h8-11,16H,5-7,12-13,21H2,1-4H3,(H,22,24)/t16-/m0/s1. The minimum absolute atomic E-state index is 0.221. The molecule has 1 aromatic carbocycles. The van der Waals surface area contributed by atoms with Crippen LogP contribution in [0.4, 0.5) is 0 Å². The molecule has 1 rings (SSSR count). The molecule has 150 valence electrons. The number of nitrogens with one attached hydrogen (secondary N) is 1. The van der Waals surface area contributed by atoms with Gasteiger partial charge in [-0.1, -0.05) is 12.1 Å². The minimum Gasteiger partial charge on any atom is -0.466 e. The molecule has 0 bridgehead atoms. The number of carbonyl (C=O) groups is 3. The number of nitrogens with two attached hydrogens (primary N) is 1. The van der Waals surface area contributed by atoms with Crippen LogP contribution < -0.4 is 11.1 Å². The normalized spacial score (nSPS) is 12.2. The van der Waals surface area contributed by atoms with Crippen LogP contribution in [0.5, 0.6) is 0 Å². The first-order valence-corrected chi connectivity index (χ1v) is 9.13. The van der Waals surface area contributed by atoms with Crippen molar-refractivity contribution in [1.82, 2.24) is 5.32 Å². The third kappa shape index (κ3) is 9.19. The lowest BCUT2D eigenvalue weighted by molar-refractivity contribution is -0.156. The van der Waals surface area contributed by atoms with E-state index in [2.05, 4.69) is 5.32 Å². The highest BCUT2D eigenvalue weighted by Gasteiger charge is 2.22. The summed E-state index contributed by atoms with van der Waals surface area (Å²) in [6.07, 6.45) is 1.12. The summed E-state index contributed by atoms with van der Waals surface area (Å²) in [5.74, 6) is -0.940. The highest BCUT2D eigenvalue weighted by molar-refractivity contribution is 5.94. The Morgan fingerprint density at radius 2 is 1.78 bits per heavy atom. The maximum Gasteiger partial charge on any atom is 0.323 e. The van der Waals surface area contributed by atoms with Gasteiger partial charge >= 0.3 is 11.9 Å². The third-order valence-corrected chi connectivity index (χ3v) is 3.53. The number of hydrogen-bond acceptors (Lipinski definition) is 6. The molecule has 0 fully saturated rings. The van der Waals surface area contributed by atoms with Gasteiger partial charge in [-0.3, -0.25) is 14.4 Å². The molecule has 0 radical (unpaired) electrons. The van der Waals surface area contributed by atoms with Crippen molar-refractivity contribution >= 4 is 17.8 Å². The van der Waals surface area contributed by atoms with E-state index < -0.39 is 17.6 Å². The van der Waals surface area contributed by atoms with Gasteiger partial charge in [0.1, 0.15) is 11.6 Å². The molecule has 7 nitrogen and oxygen atoms in total. The number of benzene rings is 1. The summed E-state index contributed by atoms with van der Waals surface area (Å²) in [5, 5.41) is 2.76. The van der Waals surface area contributed by atoms with Crippen molar-refractivity contribution in [3.63, 3.8) is 0 Å². The van der Waals surface area contributed by atoms with Gasteiger partial charge in [0.05, 0.1) is 6.61 Å². The largest absolute Gasteiger partial charge is 0.466 e. The molecule has 1 atom stereocenters. The van der Waals surface area contributed by atoms with Crippen LogP contribution in [0.2, 0.25) is 0 Å². The second-order valence-corrected chi connectivity index (χ2v) is 7.21. The molecule has 3 N–H and O–H groups in total. The van der Waals surface area contributed by atoms with Gasteiger partial charge in [-0.15, -0.1) is 0 Å². The Morgan fingerprint density at radius 1 is 1.15 bits per heavy atom. The molecule has 1 amide bonds. The molecule has 7 heteroatoms. The molecule has 0 saturated heterocycles. The van der Waals surface area contributed by atoms with Crippen molar-refractivity contribution in [3.8, 4) is 0 Å². The smallest absolute Gasteiger partial charge is 0.323 e. The van der Waals surface area contributed by atoms with Crippen molar-refractivity contribution in [2.45, 2.75) is 58.6 Å². The zero-order valence-electron chi connectivity index (χ0n) is 16.5. The average molecular weight is 378 g/mol. The molecule has 0 unspecified atom stereocenters. The maximum atomic E-state index is 12.1. The number of ether oxygens (including phenoxy) is 2. The fraction of sp³-hybridized carbons (Fsp3) is 0.550. The predicted molar refractivity (Wildman–Crippen MR) is 102 cm³/mol. The van der Waals surface area contributed by atoms with E-state index in [1.54, 1.807) is 52.0 Å². The van der Waals surface area contributed by atoms with Crippen molar-refractivity contribution < 1.29 is 23.9 Å². The van der Waals surface area contributed by atoms with E-state index in [0.717, 1.165) is 5.56 Å². The van der Waals surface area contributed by atoms with E-state index in [-0.39, 0.29) is 18.3 Å². The lowest BCUT2D eigenvalue weighted by Gasteiger charge is -2.22. The van der Waals surface area contributed by atoms with Crippen molar-refractivity contribution in [2.24, 2.45) is 5.73 Å². The lowest BCUT2D eigenvalue weighted by Crippen LogP contribution is -2.38. The number of esters is 2. The molecule has 0 aliphatic carbocycles. The predicted octanol–water partition coefficient (Wildman–Crippen LogP) is 1.97. The van der Waals surface area contributed by atoms with E-state index in [4.69, 9.17) is 15.2 Å². The summed E-state index contributed by atoms with van der Waals surface area (Å²) in [4.78, 5) is 35.2. The molecule has 0 heterocycles. The Balaban J connectivity index is 2.45. The first-order valence-electron chi connectivity index (χ1n) is 9.13. The quantitative estimate of drug-likeness (QED) is 0.502. The van der Waals surface area contributed by atoms with E-state index >= 15 is 0 Å². The van der Waals surface area contributed by atoms with Gasteiger partial charge in [-0.25, -0.2) is 0 Å². The second kappa shape index (κ2) is 10.7. The summed E-state index contributed by atoms with van der Waals surface area (Å²) in [6, 6.07) is 6.12. The number of rotatable bonds is 9.